The van der Waals surface area contributed by atoms with E-state index in [1.807, 2.05) is 0 Å². The summed E-state index contributed by atoms with van der Waals surface area (Å²) in [6.45, 7) is 0.0847. The molecule has 1 fully saturated rings. The minimum absolute atomic E-state index is 0.0658. The Morgan fingerprint density at radius 3 is 2.68 bits per heavy atom. The minimum atomic E-state index is -4.40. The lowest BCUT2D eigenvalue weighted by Crippen LogP contribution is -2.45. The Bertz CT molecular complexity index is 613. The summed E-state index contributed by atoms with van der Waals surface area (Å²) >= 11 is 0. The molecule has 3 rings (SSSR count). The van der Waals surface area contributed by atoms with Crippen molar-refractivity contribution in [2.45, 2.75) is 18.0 Å². The molecule has 0 saturated carbocycles. The lowest BCUT2D eigenvalue weighted by Gasteiger charge is -2.28. The summed E-state index contributed by atoms with van der Waals surface area (Å²) in [5.74, 6) is -0.0702. The number of fused-ring (bicyclic) bond motifs is 1. The largest absolute Gasteiger partial charge is 0.402 e. The van der Waals surface area contributed by atoms with E-state index >= 15 is 0 Å². The number of hydrogen-bond acceptors (Lipinski definition) is 5. The van der Waals surface area contributed by atoms with Crippen LogP contribution in [0.25, 0.3) is 11.2 Å². The number of alkyl halides is 3. The van der Waals surface area contributed by atoms with Crippen molar-refractivity contribution in [3.8, 4) is 0 Å². The zero-order valence-electron chi connectivity index (χ0n) is 9.75. The van der Waals surface area contributed by atoms with Crippen molar-refractivity contribution in [2.75, 3.05) is 18.8 Å². The van der Waals surface area contributed by atoms with Gasteiger partial charge in [-0.05, 0) is 13.0 Å². The highest BCUT2D eigenvalue weighted by Crippen LogP contribution is 2.44. The standard InChI is InChI=1S/C10H11F3N6/c11-10(12,13)9(1-2-15-3-9)8-18-5-6(14)16-4-17-7(5)19-8/h4,15H,1-3H2,(H3,14,16,17,18,19). The average molecular weight is 272 g/mol. The van der Waals surface area contributed by atoms with Crippen LogP contribution in [0.15, 0.2) is 6.33 Å². The molecule has 3 heterocycles. The van der Waals surface area contributed by atoms with E-state index in [1.165, 1.54) is 6.33 Å². The molecular formula is C10H11F3N6. The van der Waals surface area contributed by atoms with E-state index in [4.69, 9.17) is 5.73 Å². The highest BCUT2D eigenvalue weighted by atomic mass is 19.4. The van der Waals surface area contributed by atoms with Crippen molar-refractivity contribution in [3.05, 3.63) is 12.2 Å². The van der Waals surface area contributed by atoms with E-state index in [9.17, 15) is 13.2 Å². The summed E-state index contributed by atoms with van der Waals surface area (Å²) < 4.78 is 40.1. The summed E-state index contributed by atoms with van der Waals surface area (Å²) in [7, 11) is 0. The van der Waals surface area contributed by atoms with Gasteiger partial charge < -0.3 is 16.0 Å². The molecule has 2 aromatic rings. The number of nitrogens with one attached hydrogen (secondary N) is 2. The first-order valence-electron chi connectivity index (χ1n) is 5.68. The molecule has 19 heavy (non-hydrogen) atoms. The van der Waals surface area contributed by atoms with Crippen LogP contribution < -0.4 is 11.1 Å². The second-order valence-electron chi connectivity index (χ2n) is 4.55. The molecule has 1 unspecified atom stereocenters. The third kappa shape index (κ3) is 1.65. The van der Waals surface area contributed by atoms with Gasteiger partial charge in [-0.25, -0.2) is 15.0 Å². The van der Waals surface area contributed by atoms with Gasteiger partial charge in [0.1, 0.15) is 23.1 Å². The smallest absolute Gasteiger partial charge is 0.382 e. The van der Waals surface area contributed by atoms with Gasteiger partial charge in [-0.2, -0.15) is 13.2 Å². The van der Waals surface area contributed by atoms with Crippen LogP contribution in [-0.4, -0.2) is 39.2 Å². The number of halogens is 3. The minimum Gasteiger partial charge on any atom is -0.382 e. The predicted molar refractivity (Wildman–Crippen MR) is 61.3 cm³/mol. The van der Waals surface area contributed by atoms with Gasteiger partial charge in [0.15, 0.2) is 11.5 Å². The normalized spacial score (nSPS) is 24.2. The molecule has 0 aliphatic carbocycles. The van der Waals surface area contributed by atoms with Gasteiger partial charge in [0.25, 0.3) is 0 Å². The Labute approximate surface area is 105 Å². The maximum Gasteiger partial charge on any atom is 0.402 e. The zero-order chi connectivity index (χ0) is 13.7. The lowest BCUT2D eigenvalue weighted by molar-refractivity contribution is -0.186. The van der Waals surface area contributed by atoms with Crippen molar-refractivity contribution in [2.24, 2.45) is 0 Å². The van der Waals surface area contributed by atoms with E-state index in [0.717, 1.165) is 0 Å². The molecule has 1 aliphatic rings. The van der Waals surface area contributed by atoms with Crippen molar-refractivity contribution < 1.29 is 13.2 Å². The van der Waals surface area contributed by atoms with Crippen molar-refractivity contribution in [1.82, 2.24) is 25.3 Å². The number of aromatic amines is 1. The fraction of sp³-hybridized carbons (Fsp3) is 0.500. The number of nitrogens with zero attached hydrogens (tertiary/aromatic N) is 3. The zero-order valence-corrected chi connectivity index (χ0v) is 9.75. The Morgan fingerprint density at radius 1 is 1.32 bits per heavy atom. The molecule has 4 N–H and O–H groups in total. The summed E-state index contributed by atoms with van der Waals surface area (Å²) in [6, 6.07) is 0. The van der Waals surface area contributed by atoms with Gasteiger partial charge in [-0.3, -0.25) is 0 Å². The van der Waals surface area contributed by atoms with Gasteiger partial charge in [0.2, 0.25) is 0 Å². The molecule has 0 aromatic carbocycles. The van der Waals surface area contributed by atoms with Crippen LogP contribution >= 0.6 is 0 Å². The number of aromatic nitrogens is 4. The number of nitrogens with two attached hydrogens (primary N) is 1. The van der Waals surface area contributed by atoms with E-state index < -0.39 is 11.6 Å². The van der Waals surface area contributed by atoms with Gasteiger partial charge in [0, 0.05) is 6.54 Å². The molecule has 1 atom stereocenters. The van der Waals surface area contributed by atoms with Crippen LogP contribution in [0, 0.1) is 0 Å². The second-order valence-corrected chi connectivity index (χ2v) is 4.55. The molecule has 0 bridgehead atoms. The molecule has 0 radical (unpaired) electrons. The van der Waals surface area contributed by atoms with Crippen LogP contribution in [0.1, 0.15) is 12.2 Å². The van der Waals surface area contributed by atoms with Crippen LogP contribution in [0.3, 0.4) is 0 Å². The number of rotatable bonds is 1. The number of anilines is 1. The van der Waals surface area contributed by atoms with Gasteiger partial charge in [-0.15, -0.1) is 0 Å². The molecule has 102 valence electrons. The Hall–Kier alpha value is -1.90. The summed E-state index contributed by atoms with van der Waals surface area (Å²) in [6.07, 6.45) is -3.29. The average Bonchev–Trinajstić information content (AvgIpc) is 2.95. The molecule has 9 heteroatoms. The maximum atomic E-state index is 13.4. The number of imidazole rings is 1. The number of nitrogen functional groups attached to an aromatic ring is 1. The molecule has 1 aliphatic heterocycles. The van der Waals surface area contributed by atoms with Gasteiger partial charge >= 0.3 is 6.18 Å². The predicted octanol–water partition coefficient (Wildman–Crippen LogP) is 0.728. The third-order valence-corrected chi connectivity index (χ3v) is 3.47. The fourth-order valence-corrected chi connectivity index (χ4v) is 2.34. The summed E-state index contributed by atoms with van der Waals surface area (Å²) in [5, 5.41) is 2.73. The molecule has 6 nitrogen and oxygen atoms in total. The summed E-state index contributed by atoms with van der Waals surface area (Å²) in [4.78, 5) is 14.1. The highest BCUT2D eigenvalue weighted by molar-refractivity contribution is 5.81. The second kappa shape index (κ2) is 3.80. The van der Waals surface area contributed by atoms with E-state index in [2.05, 4.69) is 25.3 Å². The summed E-state index contributed by atoms with van der Waals surface area (Å²) in [5.41, 5.74) is 3.98. The van der Waals surface area contributed by atoms with Gasteiger partial charge in [-0.1, -0.05) is 0 Å². The highest BCUT2D eigenvalue weighted by Gasteiger charge is 2.59. The monoisotopic (exact) mass is 272 g/mol. The Morgan fingerprint density at radius 2 is 2.11 bits per heavy atom. The molecule has 1 saturated heterocycles. The quantitative estimate of drug-likeness (QED) is 0.711. The number of H-pyrrole nitrogens is 1. The molecule has 0 amide bonds. The molecule has 2 aromatic heterocycles. The number of hydrogen-bond donors (Lipinski definition) is 3. The van der Waals surface area contributed by atoms with Crippen molar-refractivity contribution in [3.63, 3.8) is 0 Å². The Kier molecular flexibility index (Phi) is 2.43. The maximum absolute atomic E-state index is 13.4. The van der Waals surface area contributed by atoms with Gasteiger partial charge in [0.05, 0.1) is 0 Å². The first-order valence-corrected chi connectivity index (χ1v) is 5.68. The van der Waals surface area contributed by atoms with Crippen LogP contribution in [-0.2, 0) is 5.41 Å². The fourth-order valence-electron chi connectivity index (χ4n) is 2.34. The third-order valence-electron chi connectivity index (χ3n) is 3.47. The topological polar surface area (TPSA) is 92.5 Å². The van der Waals surface area contributed by atoms with Crippen molar-refractivity contribution >= 4 is 17.0 Å². The SMILES string of the molecule is Nc1ncnc2nc(C3(C(F)(F)F)CCNC3)[nH]c12. The lowest BCUT2D eigenvalue weighted by atomic mass is 9.85. The molecular weight excluding hydrogens is 261 g/mol. The van der Waals surface area contributed by atoms with Crippen molar-refractivity contribution in [1.29, 1.82) is 0 Å². The van der Waals surface area contributed by atoms with Crippen LogP contribution in [0.4, 0.5) is 19.0 Å². The first-order chi connectivity index (χ1) is 8.94. The van der Waals surface area contributed by atoms with E-state index in [-0.39, 0.29) is 42.3 Å². The first kappa shape index (κ1) is 12.2. The molecule has 0 spiro atoms. The van der Waals surface area contributed by atoms with Crippen LogP contribution in [0.2, 0.25) is 0 Å². The van der Waals surface area contributed by atoms with Crippen LogP contribution in [0.5, 0.6) is 0 Å². The van der Waals surface area contributed by atoms with E-state index in [1.54, 1.807) is 0 Å². The van der Waals surface area contributed by atoms with E-state index in [0.29, 0.717) is 0 Å². The Balaban J connectivity index is 2.19.